The van der Waals surface area contributed by atoms with E-state index < -0.39 is 0 Å². The van der Waals surface area contributed by atoms with Crippen molar-refractivity contribution in [2.24, 2.45) is 5.92 Å². The average molecular weight is 244 g/mol. The first-order valence-corrected chi connectivity index (χ1v) is 6.72. The molecule has 2 atom stereocenters. The largest absolute Gasteiger partial charge is 0.312 e. The fourth-order valence-corrected chi connectivity index (χ4v) is 2.33. The lowest BCUT2D eigenvalue weighted by atomic mass is 9.87. The molecule has 0 fully saturated rings. The Morgan fingerprint density at radius 3 is 2.44 bits per heavy atom. The second-order valence-electron chi connectivity index (χ2n) is 5.18. The van der Waals surface area contributed by atoms with Gasteiger partial charge in [0.2, 0.25) is 0 Å². The number of benzene rings is 1. The highest BCUT2D eigenvalue weighted by atomic mass is 14.9. The summed E-state index contributed by atoms with van der Waals surface area (Å²) in [6.07, 6.45) is 0.868. The molecular weight excluding hydrogens is 220 g/mol. The van der Waals surface area contributed by atoms with Crippen molar-refractivity contribution in [3.63, 3.8) is 0 Å². The van der Waals surface area contributed by atoms with E-state index >= 15 is 0 Å². The zero-order chi connectivity index (χ0) is 13.7. The number of rotatable bonds is 5. The SMILES string of the molecule is CCC(C#N)C(NC)c1cc(C(C)C)ccc1C. The zero-order valence-corrected chi connectivity index (χ0v) is 12.1. The lowest BCUT2D eigenvalue weighted by Gasteiger charge is -2.24. The van der Waals surface area contributed by atoms with Gasteiger partial charge in [-0.05, 0) is 43.0 Å². The van der Waals surface area contributed by atoms with Crippen molar-refractivity contribution >= 4 is 0 Å². The highest BCUT2D eigenvalue weighted by Crippen LogP contribution is 2.29. The number of hydrogen-bond acceptors (Lipinski definition) is 2. The number of aryl methyl sites for hydroxylation is 1. The van der Waals surface area contributed by atoms with Gasteiger partial charge in [0.25, 0.3) is 0 Å². The molecule has 0 saturated heterocycles. The minimum absolute atomic E-state index is 0.0242. The molecule has 1 aromatic carbocycles. The Hall–Kier alpha value is -1.33. The summed E-state index contributed by atoms with van der Waals surface area (Å²) >= 11 is 0. The molecule has 18 heavy (non-hydrogen) atoms. The molecule has 0 bridgehead atoms. The quantitative estimate of drug-likeness (QED) is 0.852. The molecule has 0 spiro atoms. The van der Waals surface area contributed by atoms with Gasteiger partial charge in [0.05, 0.1) is 12.0 Å². The molecule has 0 amide bonds. The molecule has 2 nitrogen and oxygen atoms in total. The molecule has 1 rings (SSSR count). The van der Waals surface area contributed by atoms with Gasteiger partial charge in [-0.25, -0.2) is 0 Å². The summed E-state index contributed by atoms with van der Waals surface area (Å²) in [5.74, 6) is 0.542. The third kappa shape index (κ3) is 3.11. The summed E-state index contributed by atoms with van der Waals surface area (Å²) in [4.78, 5) is 0. The summed E-state index contributed by atoms with van der Waals surface area (Å²) in [5.41, 5.74) is 3.85. The van der Waals surface area contributed by atoms with Crippen LogP contribution in [0.4, 0.5) is 0 Å². The van der Waals surface area contributed by atoms with Gasteiger partial charge >= 0.3 is 0 Å². The third-order valence-electron chi connectivity index (χ3n) is 3.62. The van der Waals surface area contributed by atoms with Crippen molar-refractivity contribution in [1.82, 2.24) is 5.32 Å². The van der Waals surface area contributed by atoms with Crippen LogP contribution in [0.15, 0.2) is 18.2 Å². The lowest BCUT2D eigenvalue weighted by Crippen LogP contribution is -2.25. The van der Waals surface area contributed by atoms with E-state index in [4.69, 9.17) is 0 Å². The molecule has 2 unspecified atom stereocenters. The highest BCUT2D eigenvalue weighted by molar-refractivity contribution is 5.36. The van der Waals surface area contributed by atoms with Crippen LogP contribution in [0.25, 0.3) is 0 Å². The summed E-state index contributed by atoms with van der Waals surface area (Å²) in [7, 11) is 1.94. The van der Waals surface area contributed by atoms with Crippen LogP contribution in [0.3, 0.4) is 0 Å². The molecule has 0 aromatic heterocycles. The average Bonchev–Trinajstić information content (AvgIpc) is 2.36. The molecule has 1 N–H and O–H groups in total. The van der Waals surface area contributed by atoms with Crippen molar-refractivity contribution < 1.29 is 0 Å². The predicted molar refractivity (Wildman–Crippen MR) is 76.5 cm³/mol. The topological polar surface area (TPSA) is 35.8 Å². The van der Waals surface area contributed by atoms with Crippen molar-refractivity contribution in [2.75, 3.05) is 7.05 Å². The number of hydrogen-bond donors (Lipinski definition) is 1. The molecule has 0 saturated carbocycles. The highest BCUT2D eigenvalue weighted by Gasteiger charge is 2.21. The standard InChI is InChI=1S/C16H24N2/c1-6-13(10-17)16(18-5)15-9-14(11(2)3)8-7-12(15)4/h7-9,11,13,16,18H,6H2,1-5H3. The molecule has 1 aromatic rings. The second-order valence-corrected chi connectivity index (χ2v) is 5.18. The molecule has 98 valence electrons. The van der Waals surface area contributed by atoms with Gasteiger partial charge in [0.1, 0.15) is 0 Å². The monoisotopic (exact) mass is 244 g/mol. The van der Waals surface area contributed by atoms with Crippen molar-refractivity contribution in [3.05, 3.63) is 34.9 Å². The molecule has 0 aliphatic rings. The van der Waals surface area contributed by atoms with E-state index in [-0.39, 0.29) is 12.0 Å². The van der Waals surface area contributed by atoms with Gasteiger partial charge in [-0.1, -0.05) is 39.0 Å². The van der Waals surface area contributed by atoms with E-state index in [2.05, 4.69) is 57.3 Å². The molecule has 0 radical (unpaired) electrons. The van der Waals surface area contributed by atoms with Crippen LogP contribution in [0.2, 0.25) is 0 Å². The fraction of sp³-hybridized carbons (Fsp3) is 0.562. The van der Waals surface area contributed by atoms with Crippen molar-refractivity contribution in [3.8, 4) is 6.07 Å². The predicted octanol–water partition coefficient (Wildman–Crippen LogP) is 3.93. The third-order valence-corrected chi connectivity index (χ3v) is 3.62. The van der Waals surface area contributed by atoms with Gasteiger partial charge < -0.3 is 5.32 Å². The Labute approximate surface area is 111 Å². The van der Waals surface area contributed by atoms with Crippen LogP contribution >= 0.6 is 0 Å². The van der Waals surface area contributed by atoms with E-state index in [0.29, 0.717) is 5.92 Å². The van der Waals surface area contributed by atoms with Crippen LogP contribution in [0.5, 0.6) is 0 Å². The first-order chi connectivity index (χ1) is 8.54. The Bertz CT molecular complexity index is 429. The number of nitrogens with one attached hydrogen (secondary N) is 1. The van der Waals surface area contributed by atoms with Crippen molar-refractivity contribution in [1.29, 1.82) is 5.26 Å². The van der Waals surface area contributed by atoms with Gasteiger partial charge in [-0.2, -0.15) is 5.26 Å². The number of nitriles is 1. The van der Waals surface area contributed by atoms with E-state index in [0.717, 1.165) is 6.42 Å². The van der Waals surface area contributed by atoms with Crippen LogP contribution in [-0.2, 0) is 0 Å². The Balaban J connectivity index is 3.20. The Morgan fingerprint density at radius 2 is 2.00 bits per heavy atom. The summed E-state index contributed by atoms with van der Waals surface area (Å²) in [5, 5.41) is 12.6. The van der Waals surface area contributed by atoms with E-state index in [9.17, 15) is 5.26 Å². The van der Waals surface area contributed by atoms with Gasteiger partial charge in [0, 0.05) is 6.04 Å². The Kier molecular flexibility index (Phi) is 5.37. The summed E-state index contributed by atoms with van der Waals surface area (Å²) < 4.78 is 0. The maximum absolute atomic E-state index is 9.27. The maximum Gasteiger partial charge on any atom is 0.0675 e. The van der Waals surface area contributed by atoms with E-state index in [1.54, 1.807) is 0 Å². The minimum Gasteiger partial charge on any atom is -0.312 e. The zero-order valence-electron chi connectivity index (χ0n) is 12.1. The molecular formula is C16H24N2. The fourth-order valence-electron chi connectivity index (χ4n) is 2.33. The minimum atomic E-state index is 0.0242. The van der Waals surface area contributed by atoms with Crippen LogP contribution in [-0.4, -0.2) is 7.05 Å². The van der Waals surface area contributed by atoms with Crippen LogP contribution < -0.4 is 5.32 Å². The van der Waals surface area contributed by atoms with Gasteiger partial charge in [-0.3, -0.25) is 0 Å². The Morgan fingerprint density at radius 1 is 1.33 bits per heavy atom. The summed E-state index contributed by atoms with van der Waals surface area (Å²) in [6.45, 7) is 8.59. The first kappa shape index (κ1) is 14.7. The van der Waals surface area contributed by atoms with Gasteiger partial charge in [-0.15, -0.1) is 0 Å². The lowest BCUT2D eigenvalue weighted by molar-refractivity contribution is 0.447. The maximum atomic E-state index is 9.27. The van der Waals surface area contributed by atoms with Crippen molar-refractivity contribution in [2.45, 2.75) is 46.1 Å². The second kappa shape index (κ2) is 6.56. The molecule has 2 heteroatoms. The molecule has 0 aliphatic carbocycles. The summed E-state index contributed by atoms with van der Waals surface area (Å²) in [6, 6.07) is 9.14. The first-order valence-electron chi connectivity index (χ1n) is 6.72. The van der Waals surface area contributed by atoms with Gasteiger partial charge in [0.15, 0.2) is 0 Å². The number of nitrogens with zero attached hydrogens (tertiary/aromatic N) is 1. The van der Waals surface area contributed by atoms with Crippen LogP contribution in [0, 0.1) is 24.2 Å². The van der Waals surface area contributed by atoms with E-state index in [1.165, 1.54) is 16.7 Å². The van der Waals surface area contributed by atoms with Crippen LogP contribution in [0.1, 0.15) is 55.8 Å². The normalized spacial score (nSPS) is 14.3. The smallest absolute Gasteiger partial charge is 0.0675 e. The molecule has 0 aliphatic heterocycles. The molecule has 0 heterocycles. The van der Waals surface area contributed by atoms with E-state index in [1.807, 2.05) is 7.05 Å².